The van der Waals surface area contributed by atoms with Crippen LogP contribution >= 0.6 is 0 Å². The van der Waals surface area contributed by atoms with Gasteiger partial charge in [-0.25, -0.2) is 4.79 Å². The van der Waals surface area contributed by atoms with E-state index in [-0.39, 0.29) is 48.3 Å². The van der Waals surface area contributed by atoms with Crippen LogP contribution in [0.5, 0.6) is 0 Å². The van der Waals surface area contributed by atoms with Gasteiger partial charge in [-0.15, -0.1) is 0 Å². The Labute approximate surface area is 456 Å². The first-order valence-corrected chi connectivity index (χ1v) is 27.9. The van der Waals surface area contributed by atoms with Crippen LogP contribution in [0.2, 0.25) is 0 Å². The summed E-state index contributed by atoms with van der Waals surface area (Å²) in [4.78, 5) is 49.1. The van der Waals surface area contributed by atoms with Crippen molar-refractivity contribution in [2.75, 3.05) is 61.2 Å². The fourth-order valence-corrected chi connectivity index (χ4v) is 11.8. The number of methoxy groups -OCH3 is 1. The molecule has 18 atom stereocenters. The van der Waals surface area contributed by atoms with Gasteiger partial charge >= 0.3 is 11.9 Å². The molecule has 1 aromatic carbocycles. The number of aryl methyl sites for hydroxylation is 1. The zero-order valence-corrected chi connectivity index (χ0v) is 48.6. The second-order valence-corrected chi connectivity index (χ2v) is 23.3. The van der Waals surface area contributed by atoms with Crippen molar-refractivity contribution >= 4 is 22.8 Å². The number of cyclic esters (lactones) is 1. The molecule has 2 aromatic rings. The molecule has 5 N–H and O–H groups in total. The monoisotopic (exact) mass is 1090 g/mol. The molecule has 3 aliphatic heterocycles. The number of pyridine rings is 1. The molecule has 0 unspecified atom stereocenters. The fourth-order valence-electron chi connectivity index (χ4n) is 11.8. The first kappa shape index (κ1) is 64.5. The van der Waals surface area contributed by atoms with Gasteiger partial charge in [0, 0.05) is 57.9 Å². The molecule has 5 rings (SSSR count). The number of aromatic nitrogens is 1. The lowest BCUT2D eigenvalue weighted by Gasteiger charge is -2.49. The number of aliphatic hydroxyl groups excluding tert-OH is 2. The van der Waals surface area contributed by atoms with E-state index < -0.39 is 107 Å². The van der Waals surface area contributed by atoms with Gasteiger partial charge in [0.05, 0.1) is 58.6 Å². The minimum absolute atomic E-state index is 0.178. The SMILES string of the molecule is CCCOn1cc(C(=O)O)c(=O)c2cc(CCCOCCCO[C@H]3[C@H](C)O[C@@H](O[C@H]4[C@H](C)[C@@H](O[C@@H]5O[C@H](C)C[C@H](N(C)C)[C@H]5O)[C@](C)(O)C[C@@H](C)CN(C)[C@H](C)[C@@H](O)[C@](C)(O)[C@@H](CC)OC(=O)[C@@H]4C)C[C@@]3(C)OC)ccc21. The number of carbonyl (C=O) groups excluding carboxylic acids is 1. The lowest BCUT2D eigenvalue weighted by atomic mass is 9.77. The van der Waals surface area contributed by atoms with Crippen molar-refractivity contribution < 1.29 is 77.9 Å². The highest BCUT2D eigenvalue weighted by Crippen LogP contribution is 2.41. The van der Waals surface area contributed by atoms with Crippen molar-refractivity contribution in [1.82, 2.24) is 14.5 Å². The summed E-state index contributed by atoms with van der Waals surface area (Å²) in [5.41, 5.74) is -3.93. The van der Waals surface area contributed by atoms with E-state index >= 15 is 0 Å². The summed E-state index contributed by atoms with van der Waals surface area (Å²) in [6, 6.07) is 4.51. The maximum atomic E-state index is 14.6. The quantitative estimate of drug-likeness (QED) is 0.0882. The summed E-state index contributed by atoms with van der Waals surface area (Å²) in [7, 11) is 7.21. The van der Waals surface area contributed by atoms with Crippen LogP contribution in [0, 0.1) is 17.8 Å². The molecule has 3 fully saturated rings. The molecule has 20 nitrogen and oxygen atoms in total. The van der Waals surface area contributed by atoms with Crippen molar-refractivity contribution in [3.05, 3.63) is 45.7 Å². The number of carboxylic acids is 1. The smallest absolute Gasteiger partial charge is 0.341 e. The predicted molar refractivity (Wildman–Crippen MR) is 289 cm³/mol. The van der Waals surface area contributed by atoms with Gasteiger partial charge in [-0.05, 0) is 138 Å². The fraction of sp³-hybridized carbons (Fsp3) is 0.807. The predicted octanol–water partition coefficient (Wildman–Crippen LogP) is 4.82. The molecule has 440 valence electrons. The summed E-state index contributed by atoms with van der Waals surface area (Å²) in [6.45, 7) is 21.9. The molecule has 77 heavy (non-hydrogen) atoms. The maximum absolute atomic E-state index is 14.6. The van der Waals surface area contributed by atoms with E-state index in [0.29, 0.717) is 70.6 Å². The van der Waals surface area contributed by atoms with Gasteiger partial charge in [-0.2, -0.15) is 4.73 Å². The molecule has 20 heteroatoms. The number of carboxylic acid groups (broad SMARTS) is 1. The normalized spacial score (nSPS) is 37.3. The number of nitrogens with zero attached hydrogens (tertiary/aromatic N) is 3. The summed E-state index contributed by atoms with van der Waals surface area (Å²) in [5.74, 6) is -4.03. The van der Waals surface area contributed by atoms with Gasteiger partial charge in [0.25, 0.3) is 0 Å². The number of hydrogen-bond donors (Lipinski definition) is 5. The summed E-state index contributed by atoms with van der Waals surface area (Å²) < 4.78 is 52.9. The Morgan fingerprint density at radius 2 is 1.60 bits per heavy atom. The van der Waals surface area contributed by atoms with Gasteiger partial charge in [0.1, 0.15) is 42.2 Å². The average Bonchev–Trinajstić information content (AvgIpc) is 3.36. The highest BCUT2D eigenvalue weighted by atomic mass is 16.7. The Hall–Kier alpha value is -3.35. The van der Waals surface area contributed by atoms with E-state index in [9.17, 15) is 39.9 Å². The number of benzene rings is 1. The number of carbonyl (C=O) groups is 2. The van der Waals surface area contributed by atoms with E-state index in [0.717, 1.165) is 5.56 Å². The number of esters is 1. The molecule has 3 aliphatic rings. The van der Waals surface area contributed by atoms with Crippen LogP contribution in [-0.2, 0) is 49.1 Å². The lowest BCUT2D eigenvalue weighted by Crippen LogP contribution is -2.61. The average molecular weight is 1090 g/mol. The van der Waals surface area contributed by atoms with Crippen molar-refractivity contribution in [3.63, 3.8) is 0 Å². The molecule has 0 spiro atoms. The molecule has 0 saturated carbocycles. The Kier molecular flexibility index (Phi) is 23.3. The Morgan fingerprint density at radius 3 is 2.23 bits per heavy atom. The van der Waals surface area contributed by atoms with Crippen LogP contribution in [0.4, 0.5) is 0 Å². The lowest BCUT2D eigenvalue weighted by molar-refractivity contribution is -0.320. The molecular formula is C57H95N3O17. The minimum Gasteiger partial charge on any atom is -0.477 e. The number of likely N-dealkylation sites (N-methyl/N-ethyl adjacent to an activating group) is 2. The number of aromatic carboxylic acids is 1. The molecule has 4 heterocycles. The minimum atomic E-state index is -1.84. The Bertz CT molecular complexity index is 2260. The molecule has 0 aliphatic carbocycles. The Balaban J connectivity index is 1.31. The topological polar surface area (TPSA) is 247 Å². The highest BCUT2D eigenvalue weighted by Gasteiger charge is 2.53. The van der Waals surface area contributed by atoms with E-state index in [2.05, 4.69) is 0 Å². The number of hydrogen-bond acceptors (Lipinski definition) is 18. The molecule has 3 saturated heterocycles. The van der Waals surface area contributed by atoms with Crippen LogP contribution in [0.3, 0.4) is 0 Å². The van der Waals surface area contributed by atoms with Gasteiger partial charge in [0.2, 0.25) is 5.43 Å². The van der Waals surface area contributed by atoms with Gasteiger partial charge < -0.3 is 78.1 Å². The van der Waals surface area contributed by atoms with E-state index in [1.165, 1.54) is 17.9 Å². The summed E-state index contributed by atoms with van der Waals surface area (Å²) in [6.07, 6.45) is -4.22. The van der Waals surface area contributed by atoms with E-state index in [1.807, 2.05) is 78.6 Å². The van der Waals surface area contributed by atoms with Crippen LogP contribution < -0.4 is 10.3 Å². The summed E-state index contributed by atoms with van der Waals surface area (Å²) >= 11 is 0. The largest absolute Gasteiger partial charge is 0.477 e. The van der Waals surface area contributed by atoms with Gasteiger partial charge in [-0.1, -0.05) is 33.8 Å². The van der Waals surface area contributed by atoms with Gasteiger partial charge in [-0.3, -0.25) is 9.59 Å². The van der Waals surface area contributed by atoms with Crippen molar-refractivity contribution in [3.8, 4) is 0 Å². The number of ether oxygens (including phenoxy) is 8. The van der Waals surface area contributed by atoms with Crippen molar-refractivity contribution in [2.24, 2.45) is 17.8 Å². The van der Waals surface area contributed by atoms with Crippen molar-refractivity contribution in [1.29, 1.82) is 0 Å². The third kappa shape index (κ3) is 15.8. The molecule has 1 aromatic heterocycles. The van der Waals surface area contributed by atoms with Crippen LogP contribution in [0.15, 0.2) is 29.2 Å². The third-order valence-electron chi connectivity index (χ3n) is 16.3. The van der Waals surface area contributed by atoms with Crippen LogP contribution in [0.1, 0.15) is 137 Å². The standard InChI is InChI=1S/C57H95N3O17/c1-16-23-72-60-32-41(52(64)65)46(61)40-28-39(21-22-42(40)60)20-18-24-70-25-19-26-71-51-38(8)74-45(30-56(51,10)69-15)76-48-35(5)50(77-54-47(62)43(58(12)13)27-34(4)73-54)55(9,67)29-33(3)31-59(14)37(7)49(63)57(11,68)44(17-2)75-53(66)36(48)6/h21-22,28,32-38,43-45,47-51,54,62-63,67-68H,16-20,23-27,29-31H2,1-15H3,(H,64,65)/t33-,34-,35+,36-,37-,38+,43+,44-,45+,47-,48+,49-,50-,51+,54+,55-,56-,57-/m1/s1. The second-order valence-electron chi connectivity index (χ2n) is 23.3. The first-order valence-electron chi connectivity index (χ1n) is 27.9. The summed E-state index contributed by atoms with van der Waals surface area (Å²) in [5, 5.41) is 58.1. The molecular weight excluding hydrogens is 999 g/mol. The van der Waals surface area contributed by atoms with Gasteiger partial charge in [0.15, 0.2) is 12.6 Å². The molecule has 0 amide bonds. The number of rotatable bonds is 20. The van der Waals surface area contributed by atoms with Crippen LogP contribution in [0.25, 0.3) is 10.9 Å². The van der Waals surface area contributed by atoms with Crippen LogP contribution in [-0.4, -0.2) is 204 Å². The highest BCUT2D eigenvalue weighted by molar-refractivity contribution is 5.92. The number of fused-ring (bicyclic) bond motifs is 1. The second kappa shape index (κ2) is 27.9. The Morgan fingerprint density at radius 1 is 0.909 bits per heavy atom. The van der Waals surface area contributed by atoms with Crippen molar-refractivity contribution in [2.45, 2.75) is 218 Å². The van der Waals surface area contributed by atoms with E-state index in [4.69, 9.17) is 42.7 Å². The number of aliphatic hydroxyl groups is 4. The molecule has 0 radical (unpaired) electrons. The third-order valence-corrected chi connectivity index (χ3v) is 16.3. The van der Waals surface area contributed by atoms with E-state index in [1.54, 1.807) is 46.9 Å². The zero-order valence-electron chi connectivity index (χ0n) is 48.6. The first-order chi connectivity index (χ1) is 36.1. The molecule has 0 bridgehead atoms. The zero-order chi connectivity index (χ0) is 57.3. The maximum Gasteiger partial charge on any atom is 0.341 e.